The van der Waals surface area contributed by atoms with Crippen molar-refractivity contribution in [2.45, 2.75) is 12.8 Å². The molecule has 0 radical (unpaired) electrons. The van der Waals surface area contributed by atoms with Crippen molar-refractivity contribution in [3.63, 3.8) is 0 Å². The van der Waals surface area contributed by atoms with Gasteiger partial charge in [0.05, 0.1) is 13.3 Å². The van der Waals surface area contributed by atoms with Crippen LogP contribution in [0.1, 0.15) is 17.0 Å². The maximum absolute atomic E-state index is 11.9. The minimum atomic E-state index is -0.444. The zero-order chi connectivity index (χ0) is 14.4. The molecule has 0 aliphatic rings. The Hall–Kier alpha value is -2.36. The van der Waals surface area contributed by atoms with E-state index in [-0.39, 0.29) is 12.6 Å². The van der Waals surface area contributed by atoms with Crippen LogP contribution in [-0.4, -0.2) is 24.7 Å². The largest absolute Gasteiger partial charge is 0.491 e. The molecule has 0 amide bonds. The van der Waals surface area contributed by atoms with Gasteiger partial charge in [0.25, 0.3) is 0 Å². The zero-order valence-corrected chi connectivity index (χ0v) is 11.6. The summed E-state index contributed by atoms with van der Waals surface area (Å²) < 4.78 is 10.5. The Morgan fingerprint density at radius 1 is 1.25 bits per heavy atom. The summed E-state index contributed by atoms with van der Waals surface area (Å²) in [5, 5.41) is 0. The van der Waals surface area contributed by atoms with Crippen molar-refractivity contribution in [2.75, 3.05) is 13.7 Å². The molecular formula is C16H17NO3. The number of aryl methyl sites for hydroxylation is 1. The van der Waals surface area contributed by atoms with Crippen molar-refractivity contribution >= 4 is 5.97 Å². The van der Waals surface area contributed by atoms with Gasteiger partial charge < -0.3 is 9.47 Å². The molecule has 1 aromatic carbocycles. The molecule has 1 atom stereocenters. The average Bonchev–Trinajstić information content (AvgIpc) is 2.50. The minimum absolute atomic E-state index is 0.224. The first-order chi connectivity index (χ1) is 9.70. The lowest BCUT2D eigenvalue weighted by Crippen LogP contribution is -2.21. The fourth-order valence-corrected chi connectivity index (χ4v) is 1.85. The van der Waals surface area contributed by atoms with E-state index in [0.717, 1.165) is 11.1 Å². The van der Waals surface area contributed by atoms with Crippen molar-refractivity contribution < 1.29 is 14.3 Å². The fraction of sp³-hybridized carbons (Fsp3) is 0.250. The molecule has 20 heavy (non-hydrogen) atoms. The third-order valence-electron chi connectivity index (χ3n) is 3.02. The third kappa shape index (κ3) is 3.57. The second kappa shape index (κ2) is 6.70. The van der Waals surface area contributed by atoms with Gasteiger partial charge in [-0.15, -0.1) is 0 Å². The van der Waals surface area contributed by atoms with Crippen LogP contribution in [0.2, 0.25) is 0 Å². The molecular weight excluding hydrogens is 254 g/mol. The maximum atomic E-state index is 11.9. The van der Waals surface area contributed by atoms with Crippen LogP contribution >= 0.6 is 0 Å². The van der Waals surface area contributed by atoms with Crippen molar-refractivity contribution in [3.8, 4) is 5.75 Å². The number of carbonyl (C=O) groups excluding carboxylic acids is 1. The van der Waals surface area contributed by atoms with Crippen LogP contribution in [0.15, 0.2) is 48.8 Å². The molecule has 2 rings (SSSR count). The van der Waals surface area contributed by atoms with E-state index in [1.807, 2.05) is 31.2 Å². The Morgan fingerprint density at radius 2 is 2.00 bits per heavy atom. The lowest BCUT2D eigenvalue weighted by atomic mass is 9.99. The number of pyridine rings is 1. The highest BCUT2D eigenvalue weighted by Crippen LogP contribution is 2.20. The number of hydrogen-bond acceptors (Lipinski definition) is 4. The number of benzene rings is 1. The summed E-state index contributed by atoms with van der Waals surface area (Å²) in [6, 6.07) is 11.4. The minimum Gasteiger partial charge on any atom is -0.491 e. The number of nitrogens with zero attached hydrogens (tertiary/aromatic N) is 1. The quantitative estimate of drug-likeness (QED) is 0.784. The van der Waals surface area contributed by atoms with Crippen LogP contribution in [0.25, 0.3) is 0 Å². The van der Waals surface area contributed by atoms with Gasteiger partial charge in [0.15, 0.2) is 0 Å². The van der Waals surface area contributed by atoms with E-state index in [2.05, 4.69) is 4.98 Å². The van der Waals surface area contributed by atoms with E-state index in [1.165, 1.54) is 7.11 Å². The molecule has 1 aromatic heterocycles. The Labute approximate surface area is 118 Å². The lowest BCUT2D eigenvalue weighted by Gasteiger charge is -2.16. The summed E-state index contributed by atoms with van der Waals surface area (Å²) in [7, 11) is 1.38. The highest BCUT2D eigenvalue weighted by atomic mass is 16.5. The molecule has 0 saturated heterocycles. The van der Waals surface area contributed by atoms with Crippen molar-refractivity contribution in [1.82, 2.24) is 4.98 Å². The Bertz CT molecular complexity index is 552. The van der Waals surface area contributed by atoms with Crippen LogP contribution in [-0.2, 0) is 9.53 Å². The van der Waals surface area contributed by atoms with Crippen LogP contribution in [0, 0.1) is 6.92 Å². The van der Waals surface area contributed by atoms with Gasteiger partial charge in [0.2, 0.25) is 0 Å². The van der Waals surface area contributed by atoms with Crippen molar-refractivity contribution in [2.24, 2.45) is 0 Å². The molecule has 1 unspecified atom stereocenters. The van der Waals surface area contributed by atoms with Crippen molar-refractivity contribution in [3.05, 3.63) is 59.9 Å². The van der Waals surface area contributed by atoms with E-state index in [0.29, 0.717) is 5.75 Å². The molecule has 0 aliphatic carbocycles. The zero-order valence-electron chi connectivity index (χ0n) is 11.6. The van der Waals surface area contributed by atoms with E-state index < -0.39 is 5.92 Å². The SMILES string of the molecule is COC(=O)C(COc1cccnc1)c1ccc(C)cc1. The first kappa shape index (κ1) is 14.1. The summed E-state index contributed by atoms with van der Waals surface area (Å²) in [5.74, 6) is -0.118. The molecule has 104 valence electrons. The first-order valence-corrected chi connectivity index (χ1v) is 6.38. The molecule has 2 aromatic rings. The normalized spacial score (nSPS) is 11.7. The first-order valence-electron chi connectivity index (χ1n) is 6.38. The van der Waals surface area contributed by atoms with Gasteiger partial charge in [-0.2, -0.15) is 0 Å². The summed E-state index contributed by atoms with van der Waals surface area (Å²) in [4.78, 5) is 15.9. The van der Waals surface area contributed by atoms with E-state index >= 15 is 0 Å². The number of carbonyl (C=O) groups is 1. The molecule has 0 bridgehead atoms. The third-order valence-corrected chi connectivity index (χ3v) is 3.02. The van der Waals surface area contributed by atoms with E-state index in [4.69, 9.17) is 9.47 Å². The Balaban J connectivity index is 2.12. The second-order valence-electron chi connectivity index (χ2n) is 4.49. The molecule has 0 aliphatic heterocycles. The van der Waals surface area contributed by atoms with Gasteiger partial charge in [-0.1, -0.05) is 29.8 Å². The summed E-state index contributed by atoms with van der Waals surface area (Å²) in [6.07, 6.45) is 3.29. The predicted molar refractivity (Wildman–Crippen MR) is 75.7 cm³/mol. The second-order valence-corrected chi connectivity index (χ2v) is 4.49. The molecule has 4 nitrogen and oxygen atoms in total. The molecule has 1 heterocycles. The van der Waals surface area contributed by atoms with Gasteiger partial charge in [-0.05, 0) is 24.6 Å². The fourth-order valence-electron chi connectivity index (χ4n) is 1.85. The van der Waals surface area contributed by atoms with Gasteiger partial charge in [-0.25, -0.2) is 0 Å². The van der Waals surface area contributed by atoms with E-state index in [1.54, 1.807) is 24.5 Å². The molecule has 4 heteroatoms. The van der Waals surface area contributed by atoms with Crippen LogP contribution in [0.5, 0.6) is 5.75 Å². The summed E-state index contributed by atoms with van der Waals surface area (Å²) in [6.45, 7) is 2.23. The van der Waals surface area contributed by atoms with Gasteiger partial charge in [0.1, 0.15) is 18.3 Å². The average molecular weight is 271 g/mol. The molecule has 0 spiro atoms. The van der Waals surface area contributed by atoms with Crippen LogP contribution in [0.4, 0.5) is 0 Å². The Kier molecular flexibility index (Phi) is 4.71. The Morgan fingerprint density at radius 3 is 2.60 bits per heavy atom. The topological polar surface area (TPSA) is 48.4 Å². The smallest absolute Gasteiger partial charge is 0.316 e. The predicted octanol–water partition coefficient (Wildman–Crippen LogP) is 2.73. The number of aromatic nitrogens is 1. The number of methoxy groups -OCH3 is 1. The summed E-state index contributed by atoms with van der Waals surface area (Å²) >= 11 is 0. The number of ether oxygens (including phenoxy) is 2. The van der Waals surface area contributed by atoms with Gasteiger partial charge in [-0.3, -0.25) is 9.78 Å². The monoisotopic (exact) mass is 271 g/mol. The molecule has 0 fully saturated rings. The number of rotatable bonds is 5. The molecule has 0 N–H and O–H groups in total. The lowest BCUT2D eigenvalue weighted by molar-refractivity contribution is -0.143. The van der Waals surface area contributed by atoms with Crippen molar-refractivity contribution in [1.29, 1.82) is 0 Å². The molecule has 0 saturated carbocycles. The van der Waals surface area contributed by atoms with Crippen LogP contribution < -0.4 is 4.74 Å². The number of hydrogen-bond donors (Lipinski definition) is 0. The van der Waals surface area contributed by atoms with Gasteiger partial charge >= 0.3 is 5.97 Å². The van der Waals surface area contributed by atoms with Gasteiger partial charge in [0, 0.05) is 6.20 Å². The highest BCUT2D eigenvalue weighted by Gasteiger charge is 2.22. The van der Waals surface area contributed by atoms with Crippen LogP contribution in [0.3, 0.4) is 0 Å². The van der Waals surface area contributed by atoms with E-state index in [9.17, 15) is 4.79 Å². The standard InChI is InChI=1S/C16H17NO3/c1-12-5-7-13(8-6-12)15(16(18)19-2)11-20-14-4-3-9-17-10-14/h3-10,15H,11H2,1-2H3. The number of esters is 1. The maximum Gasteiger partial charge on any atom is 0.316 e. The summed E-state index contributed by atoms with van der Waals surface area (Å²) in [5.41, 5.74) is 2.02. The highest BCUT2D eigenvalue weighted by molar-refractivity contribution is 5.78.